The molecule has 2 amide bonds. The molecular weight excluding hydrogens is 546 g/mol. The molecular formula is C31H47BCl2N2O4. The topological polar surface area (TPSA) is 76.7 Å². The zero-order valence-electron chi connectivity index (χ0n) is 25.2. The number of halogens is 2. The van der Waals surface area contributed by atoms with Gasteiger partial charge >= 0.3 is 7.12 Å². The molecule has 0 bridgehead atoms. The molecule has 2 N–H and O–H groups in total. The Hall–Kier alpha value is -1.28. The van der Waals surface area contributed by atoms with E-state index < -0.39 is 24.7 Å². The smallest absolute Gasteiger partial charge is 0.404 e. The second-order valence-corrected chi connectivity index (χ2v) is 14.5. The number of rotatable bonds is 8. The van der Waals surface area contributed by atoms with Crippen molar-refractivity contribution in [3.63, 3.8) is 0 Å². The van der Waals surface area contributed by atoms with Gasteiger partial charge in [-0.25, -0.2) is 0 Å². The van der Waals surface area contributed by atoms with Crippen LogP contribution in [0.15, 0.2) is 18.2 Å². The van der Waals surface area contributed by atoms with Gasteiger partial charge in [0.25, 0.3) is 5.91 Å². The van der Waals surface area contributed by atoms with Crippen LogP contribution in [0.5, 0.6) is 0 Å². The molecule has 6 nitrogen and oxygen atoms in total. The first kappa shape index (κ1) is 31.7. The summed E-state index contributed by atoms with van der Waals surface area (Å²) in [5.41, 5.74) is -0.0501. The Labute approximate surface area is 251 Å². The van der Waals surface area contributed by atoms with E-state index in [-0.39, 0.29) is 40.8 Å². The summed E-state index contributed by atoms with van der Waals surface area (Å²) in [5, 5.41) is 7.03. The Morgan fingerprint density at radius 3 is 2.40 bits per heavy atom. The van der Waals surface area contributed by atoms with Crippen molar-refractivity contribution in [2.24, 2.45) is 29.1 Å². The summed E-state index contributed by atoms with van der Waals surface area (Å²) >= 11 is 12.5. The molecule has 222 valence electrons. The predicted molar refractivity (Wildman–Crippen MR) is 163 cm³/mol. The van der Waals surface area contributed by atoms with Crippen molar-refractivity contribution < 1.29 is 18.9 Å². The van der Waals surface area contributed by atoms with Crippen molar-refractivity contribution in [1.82, 2.24) is 10.6 Å². The first-order valence-corrected chi connectivity index (χ1v) is 15.9. The van der Waals surface area contributed by atoms with E-state index in [2.05, 4.69) is 59.1 Å². The van der Waals surface area contributed by atoms with E-state index in [4.69, 9.17) is 32.5 Å². The molecule has 0 radical (unpaired) electrons. The predicted octanol–water partition coefficient (Wildman–Crippen LogP) is 7.11. The molecule has 9 heteroatoms. The highest BCUT2D eigenvalue weighted by atomic mass is 35.5. The van der Waals surface area contributed by atoms with E-state index in [1.165, 1.54) is 0 Å². The van der Waals surface area contributed by atoms with Crippen LogP contribution < -0.4 is 10.6 Å². The Bertz CT molecular complexity index is 1080. The molecule has 3 fully saturated rings. The standard InChI is InChI=1S/C31H47BCl2N2O4/c1-18(2)15-26(32-39-25-16-19(3)30(5,6)20(4)31(25,7)40-32)35-29(38)27(21-11-9-8-10-12-21)36-28(37)23-17-22(33)13-14-24(23)34/h13-14,17-21,25-27H,8-12,15-16H2,1-7H3,(H,35,38)(H,36,37)/t19-,20-,25+,26-,27?,31-/m0/s1. The second kappa shape index (κ2) is 12.5. The summed E-state index contributed by atoms with van der Waals surface area (Å²) in [6, 6.07) is 4.11. The van der Waals surface area contributed by atoms with Gasteiger partial charge in [0.05, 0.1) is 28.2 Å². The number of amides is 2. The van der Waals surface area contributed by atoms with Crippen LogP contribution in [-0.4, -0.2) is 42.6 Å². The van der Waals surface area contributed by atoms with Gasteiger partial charge in [-0.05, 0) is 79.9 Å². The first-order chi connectivity index (χ1) is 18.7. The van der Waals surface area contributed by atoms with Gasteiger partial charge in [-0.15, -0.1) is 0 Å². The van der Waals surface area contributed by atoms with Crippen LogP contribution in [0.2, 0.25) is 10.0 Å². The van der Waals surface area contributed by atoms with Crippen LogP contribution in [0, 0.1) is 29.1 Å². The Balaban J connectivity index is 1.56. The largest absolute Gasteiger partial charge is 0.481 e. The summed E-state index contributed by atoms with van der Waals surface area (Å²) < 4.78 is 13.4. The molecule has 1 unspecified atom stereocenters. The lowest BCUT2D eigenvalue weighted by Crippen LogP contribution is -2.58. The molecule has 6 atom stereocenters. The van der Waals surface area contributed by atoms with Crippen molar-refractivity contribution in [2.45, 2.75) is 117 Å². The molecule has 3 aliphatic rings. The van der Waals surface area contributed by atoms with Crippen LogP contribution in [-0.2, 0) is 14.1 Å². The first-order valence-electron chi connectivity index (χ1n) is 15.1. The van der Waals surface area contributed by atoms with Gasteiger partial charge in [0.1, 0.15) is 6.04 Å². The minimum atomic E-state index is -0.686. The Morgan fingerprint density at radius 1 is 1.07 bits per heavy atom. The minimum Gasteiger partial charge on any atom is -0.404 e. The lowest BCUT2D eigenvalue weighted by Gasteiger charge is -2.53. The Kier molecular flexibility index (Phi) is 9.92. The van der Waals surface area contributed by atoms with Gasteiger partial charge in [-0.3, -0.25) is 9.59 Å². The highest BCUT2D eigenvalue weighted by Crippen LogP contribution is 2.54. The molecule has 40 heavy (non-hydrogen) atoms. The van der Waals surface area contributed by atoms with Crippen molar-refractivity contribution in [3.05, 3.63) is 33.8 Å². The summed E-state index contributed by atoms with van der Waals surface area (Å²) in [5.74, 6) is 0.208. The molecule has 0 aromatic heterocycles. The number of fused-ring (bicyclic) bond motifs is 1. The number of hydrogen-bond donors (Lipinski definition) is 2. The molecule has 1 aromatic rings. The fourth-order valence-corrected chi connectivity index (χ4v) is 7.44. The van der Waals surface area contributed by atoms with E-state index in [0.29, 0.717) is 28.3 Å². The second-order valence-electron chi connectivity index (χ2n) is 13.7. The fraction of sp³-hybridized carbons (Fsp3) is 0.742. The molecule has 0 spiro atoms. The van der Waals surface area contributed by atoms with Crippen LogP contribution >= 0.6 is 23.2 Å². The minimum absolute atomic E-state index is 0.0269. The number of benzene rings is 1. The van der Waals surface area contributed by atoms with E-state index in [1.54, 1.807) is 18.2 Å². The molecule has 2 aliphatic carbocycles. The van der Waals surface area contributed by atoms with Crippen LogP contribution in [0.3, 0.4) is 0 Å². The molecule has 1 aliphatic heterocycles. The number of nitrogens with one attached hydrogen (secondary N) is 2. The van der Waals surface area contributed by atoms with Crippen LogP contribution in [0.25, 0.3) is 0 Å². The fourth-order valence-electron chi connectivity index (χ4n) is 7.06. The summed E-state index contributed by atoms with van der Waals surface area (Å²) in [4.78, 5) is 27.4. The van der Waals surface area contributed by atoms with E-state index in [1.807, 2.05) is 0 Å². The third-order valence-corrected chi connectivity index (χ3v) is 10.9. The average molecular weight is 593 g/mol. The van der Waals surface area contributed by atoms with Gasteiger partial charge in [-0.1, -0.05) is 84.0 Å². The lowest BCUT2D eigenvalue weighted by atomic mass is 9.57. The van der Waals surface area contributed by atoms with Gasteiger partial charge in [0.2, 0.25) is 5.91 Å². The van der Waals surface area contributed by atoms with Gasteiger partial charge < -0.3 is 19.9 Å². The van der Waals surface area contributed by atoms with Crippen LogP contribution in [0.4, 0.5) is 0 Å². The third-order valence-electron chi connectivity index (χ3n) is 10.4. The summed E-state index contributed by atoms with van der Waals surface area (Å²) in [6.45, 7) is 15.6. The lowest BCUT2D eigenvalue weighted by molar-refractivity contribution is -0.125. The highest BCUT2D eigenvalue weighted by molar-refractivity contribution is 6.48. The maximum absolute atomic E-state index is 14.0. The maximum Gasteiger partial charge on any atom is 0.481 e. The van der Waals surface area contributed by atoms with Crippen molar-refractivity contribution in [2.75, 3.05) is 0 Å². The van der Waals surface area contributed by atoms with E-state index >= 15 is 0 Å². The SMILES string of the molecule is CC(C)C[C@H](NC(=O)C(NC(=O)c1cc(Cl)ccc1Cl)C1CCCCC1)B1O[C@@H]2C[C@H](C)C(C)(C)[C@H](C)[C@]2(C)O1. The van der Waals surface area contributed by atoms with Gasteiger partial charge in [0, 0.05) is 5.02 Å². The number of carbonyl (C=O) groups excluding carboxylic acids is 2. The van der Waals surface area contributed by atoms with Crippen molar-refractivity contribution in [1.29, 1.82) is 0 Å². The summed E-state index contributed by atoms with van der Waals surface area (Å²) in [7, 11) is -0.546. The zero-order chi connectivity index (χ0) is 29.4. The zero-order valence-corrected chi connectivity index (χ0v) is 26.7. The number of carbonyl (C=O) groups is 2. The van der Waals surface area contributed by atoms with Crippen molar-refractivity contribution in [3.8, 4) is 0 Å². The molecule has 2 saturated carbocycles. The van der Waals surface area contributed by atoms with E-state index in [9.17, 15) is 9.59 Å². The molecule has 1 saturated heterocycles. The van der Waals surface area contributed by atoms with Gasteiger partial charge in [-0.2, -0.15) is 0 Å². The normalized spacial score (nSPS) is 30.1. The van der Waals surface area contributed by atoms with Crippen molar-refractivity contribution >= 4 is 42.1 Å². The summed E-state index contributed by atoms with van der Waals surface area (Å²) in [6.07, 6.45) is 6.60. The monoisotopic (exact) mass is 592 g/mol. The quantitative estimate of drug-likeness (QED) is 0.315. The molecule has 1 heterocycles. The molecule has 1 aromatic carbocycles. The van der Waals surface area contributed by atoms with Gasteiger partial charge in [0.15, 0.2) is 0 Å². The highest BCUT2D eigenvalue weighted by Gasteiger charge is 2.61. The molecule has 4 rings (SSSR count). The third kappa shape index (κ3) is 6.53. The van der Waals surface area contributed by atoms with E-state index in [0.717, 1.165) is 38.5 Å². The number of hydrogen-bond acceptors (Lipinski definition) is 4. The maximum atomic E-state index is 14.0. The average Bonchev–Trinajstić information content (AvgIpc) is 3.24. The van der Waals surface area contributed by atoms with Crippen LogP contribution in [0.1, 0.15) is 104 Å². The Morgan fingerprint density at radius 2 is 1.75 bits per heavy atom.